The van der Waals surface area contributed by atoms with Gasteiger partial charge in [0.05, 0.1) is 20.1 Å². The summed E-state index contributed by atoms with van der Waals surface area (Å²) in [5.41, 5.74) is 0. The van der Waals surface area contributed by atoms with Gasteiger partial charge in [-0.15, -0.1) is 0 Å². The first-order valence-corrected chi connectivity index (χ1v) is 14.5. The number of unbranched alkanes of at least 4 members (excludes halogenated alkanes) is 15. The van der Waals surface area contributed by atoms with Crippen LogP contribution in [0.2, 0.25) is 0 Å². The monoisotopic (exact) mass is 467 g/mol. The van der Waals surface area contributed by atoms with Gasteiger partial charge in [-0.05, 0) is 32.1 Å². The van der Waals surface area contributed by atoms with Gasteiger partial charge in [0.2, 0.25) is 5.91 Å². The molecule has 0 aromatic heterocycles. The third-order valence-corrected chi connectivity index (χ3v) is 7.19. The van der Waals surface area contributed by atoms with Gasteiger partial charge >= 0.3 is 5.91 Å². The molecule has 2 amide bonds. The highest BCUT2D eigenvalue weighted by Gasteiger charge is 2.33. The van der Waals surface area contributed by atoms with Crippen molar-refractivity contribution in [3.8, 4) is 0 Å². The van der Waals surface area contributed by atoms with E-state index in [1.54, 1.807) is 4.90 Å². The van der Waals surface area contributed by atoms with E-state index in [1.165, 1.54) is 96.3 Å². The summed E-state index contributed by atoms with van der Waals surface area (Å²) >= 11 is 0. The number of hydrogen-bond acceptors (Lipinski definition) is 2. The first kappa shape index (κ1) is 32.1. The van der Waals surface area contributed by atoms with E-state index in [9.17, 15) is 9.59 Å². The molecule has 0 N–H and O–H groups in total. The molecule has 4 heteroatoms. The third-order valence-electron chi connectivity index (χ3n) is 7.19. The molecule has 0 unspecified atom stereocenters. The average Bonchev–Trinajstić information content (AvgIpc) is 2.80. The van der Waals surface area contributed by atoms with E-state index in [-0.39, 0.29) is 18.2 Å². The Morgan fingerprint density at radius 2 is 0.939 bits per heavy atom. The minimum Gasteiger partial charge on any atom is -0.345 e. The summed E-state index contributed by atoms with van der Waals surface area (Å²) in [5, 5.41) is 0. The minimum atomic E-state index is 0.00352. The average molecular weight is 468 g/mol. The van der Waals surface area contributed by atoms with Gasteiger partial charge in [-0.25, -0.2) is 4.79 Å². The number of carbonyl (C=O) groups excluding carboxylic acids is 2. The molecule has 0 saturated heterocycles. The first-order valence-electron chi connectivity index (χ1n) is 14.5. The van der Waals surface area contributed by atoms with Crippen LogP contribution in [0.4, 0.5) is 0 Å². The van der Waals surface area contributed by atoms with Crippen molar-refractivity contribution in [1.29, 1.82) is 0 Å². The van der Waals surface area contributed by atoms with Crippen LogP contribution in [-0.2, 0) is 9.59 Å². The summed E-state index contributed by atoms with van der Waals surface area (Å²) < 4.78 is 0.443. The highest BCUT2D eigenvalue weighted by Crippen LogP contribution is 2.16. The Morgan fingerprint density at radius 3 is 1.36 bits per heavy atom. The smallest absolute Gasteiger partial charge is 0.322 e. The second-order valence-corrected chi connectivity index (χ2v) is 10.5. The largest absolute Gasteiger partial charge is 0.345 e. The van der Waals surface area contributed by atoms with Crippen LogP contribution in [0.25, 0.3) is 0 Å². The lowest BCUT2D eigenvalue weighted by atomic mass is 10.1. The fraction of sp³-hybridized carbons (Fsp3) is 0.931. The molecule has 0 atom stereocenters. The fourth-order valence-electron chi connectivity index (χ4n) is 4.55. The summed E-state index contributed by atoms with van der Waals surface area (Å²) in [4.78, 5) is 27.8. The summed E-state index contributed by atoms with van der Waals surface area (Å²) in [6.45, 7) is 9.26. The van der Waals surface area contributed by atoms with Gasteiger partial charge in [0, 0.05) is 13.6 Å². The molecule has 0 aliphatic carbocycles. The standard InChI is InChI=1S/C29H59N2O2/c1-6-9-12-15-18-21-24-30(4)28(32)27-29(33)31(5,25-22-19-16-13-10-7-2)26-23-20-17-14-11-8-3/h6-27H2,1-5H3/q+1. The molecule has 0 aromatic rings. The molecule has 33 heavy (non-hydrogen) atoms. The van der Waals surface area contributed by atoms with Crippen LogP contribution in [-0.4, -0.2) is 54.9 Å². The van der Waals surface area contributed by atoms with Crippen LogP contribution >= 0.6 is 0 Å². The molecule has 0 saturated carbocycles. The SMILES string of the molecule is CCCCCCCCN(C)C(=O)CC(=O)[N+](C)(CCCCCCCC)CCCCCCCC. The Kier molecular flexibility index (Phi) is 21.0. The van der Waals surface area contributed by atoms with Gasteiger partial charge in [0.25, 0.3) is 0 Å². The van der Waals surface area contributed by atoms with Gasteiger partial charge in [-0.2, -0.15) is 0 Å². The summed E-state index contributed by atoms with van der Waals surface area (Å²) in [7, 11) is 3.95. The lowest BCUT2D eigenvalue weighted by Crippen LogP contribution is -2.52. The van der Waals surface area contributed by atoms with Crippen LogP contribution in [0.15, 0.2) is 0 Å². The van der Waals surface area contributed by atoms with Crippen LogP contribution in [0.3, 0.4) is 0 Å². The number of hydrogen-bond donors (Lipinski definition) is 0. The second-order valence-electron chi connectivity index (χ2n) is 10.5. The molecule has 0 rings (SSSR count). The van der Waals surface area contributed by atoms with Gasteiger partial charge in [0.1, 0.15) is 6.42 Å². The minimum absolute atomic E-state index is 0.00352. The van der Waals surface area contributed by atoms with Crippen LogP contribution < -0.4 is 0 Å². The third kappa shape index (κ3) is 17.2. The topological polar surface area (TPSA) is 37.4 Å². The van der Waals surface area contributed by atoms with Crippen molar-refractivity contribution in [2.75, 3.05) is 33.7 Å². The number of nitrogens with zero attached hydrogens (tertiary/aromatic N) is 2. The van der Waals surface area contributed by atoms with E-state index < -0.39 is 0 Å². The molecule has 0 fully saturated rings. The number of carbonyl (C=O) groups is 2. The first-order chi connectivity index (χ1) is 15.9. The van der Waals surface area contributed by atoms with E-state index >= 15 is 0 Å². The second kappa shape index (κ2) is 21.6. The molecule has 0 bridgehead atoms. The van der Waals surface area contributed by atoms with Gasteiger partial charge in [0.15, 0.2) is 0 Å². The lowest BCUT2D eigenvalue weighted by molar-refractivity contribution is -0.835. The summed E-state index contributed by atoms with van der Waals surface area (Å²) in [6, 6.07) is 0. The highest BCUT2D eigenvalue weighted by molar-refractivity contribution is 5.93. The highest BCUT2D eigenvalue weighted by atomic mass is 16.2. The van der Waals surface area contributed by atoms with Crippen LogP contribution in [0, 0.1) is 0 Å². The summed E-state index contributed by atoms with van der Waals surface area (Å²) in [5.74, 6) is 0.126. The zero-order chi connectivity index (χ0) is 24.8. The molecular formula is C29H59N2O2+. The van der Waals surface area contributed by atoms with Gasteiger partial charge in [-0.3, -0.25) is 9.28 Å². The molecule has 0 aliphatic rings. The fourth-order valence-corrected chi connectivity index (χ4v) is 4.55. The molecule has 0 aliphatic heterocycles. The van der Waals surface area contributed by atoms with E-state index in [4.69, 9.17) is 0 Å². The van der Waals surface area contributed by atoms with Gasteiger partial charge in [-0.1, -0.05) is 104 Å². The zero-order valence-corrected chi connectivity index (χ0v) is 23.3. The van der Waals surface area contributed by atoms with Crippen molar-refractivity contribution in [2.24, 2.45) is 0 Å². The van der Waals surface area contributed by atoms with E-state index in [0.29, 0.717) is 4.48 Å². The predicted molar refractivity (Wildman–Crippen MR) is 143 cm³/mol. The predicted octanol–water partition coefficient (Wildman–Crippen LogP) is 7.89. The number of amides is 2. The normalized spacial score (nSPS) is 11.7. The van der Waals surface area contributed by atoms with Crippen molar-refractivity contribution in [1.82, 2.24) is 4.90 Å². The molecule has 0 spiro atoms. The Morgan fingerprint density at radius 1 is 0.576 bits per heavy atom. The van der Waals surface area contributed by atoms with Crippen molar-refractivity contribution >= 4 is 11.8 Å². The Labute approximate surface area is 207 Å². The molecule has 0 aromatic carbocycles. The number of rotatable bonds is 23. The molecule has 4 nitrogen and oxygen atoms in total. The van der Waals surface area contributed by atoms with Crippen LogP contribution in [0.5, 0.6) is 0 Å². The molecule has 0 radical (unpaired) electrons. The van der Waals surface area contributed by atoms with Gasteiger partial charge < -0.3 is 4.90 Å². The van der Waals surface area contributed by atoms with Crippen molar-refractivity contribution in [3.63, 3.8) is 0 Å². The van der Waals surface area contributed by atoms with E-state index in [2.05, 4.69) is 27.8 Å². The zero-order valence-electron chi connectivity index (χ0n) is 23.3. The molecular weight excluding hydrogens is 408 g/mol. The quantitative estimate of drug-likeness (QED) is 0.0870. The Balaban J connectivity index is 4.58. The number of quaternary nitrogens is 1. The van der Waals surface area contributed by atoms with E-state index in [0.717, 1.165) is 38.9 Å². The maximum atomic E-state index is 13.3. The van der Waals surface area contributed by atoms with Crippen molar-refractivity contribution in [3.05, 3.63) is 0 Å². The Bertz CT molecular complexity index is 462. The maximum absolute atomic E-state index is 13.3. The lowest BCUT2D eigenvalue weighted by Gasteiger charge is -2.32. The van der Waals surface area contributed by atoms with Crippen molar-refractivity contribution in [2.45, 2.75) is 143 Å². The van der Waals surface area contributed by atoms with Crippen LogP contribution in [0.1, 0.15) is 143 Å². The molecule has 196 valence electrons. The molecule has 0 heterocycles. The Hall–Kier alpha value is -0.900. The summed E-state index contributed by atoms with van der Waals surface area (Å²) in [6.07, 6.45) is 22.2. The maximum Gasteiger partial charge on any atom is 0.322 e. The van der Waals surface area contributed by atoms with E-state index in [1.807, 2.05) is 7.05 Å². The van der Waals surface area contributed by atoms with Crippen molar-refractivity contribution < 1.29 is 14.1 Å².